The van der Waals surface area contributed by atoms with Gasteiger partial charge in [-0.15, -0.1) is 0 Å². The third kappa shape index (κ3) is 5.97. The number of likely N-dealkylation sites (tertiary alicyclic amines) is 1. The molecule has 0 radical (unpaired) electrons. The van der Waals surface area contributed by atoms with E-state index in [1.54, 1.807) is 17.3 Å². The number of aromatic nitrogens is 2. The summed E-state index contributed by atoms with van der Waals surface area (Å²) in [4.78, 5) is 22.7. The van der Waals surface area contributed by atoms with Gasteiger partial charge in [0.2, 0.25) is 0 Å². The van der Waals surface area contributed by atoms with Crippen LogP contribution in [0.25, 0.3) is 0 Å². The van der Waals surface area contributed by atoms with Crippen molar-refractivity contribution in [2.24, 2.45) is 0 Å². The van der Waals surface area contributed by atoms with E-state index in [4.69, 9.17) is 14.2 Å². The molecule has 0 bridgehead atoms. The monoisotopic (exact) mass is 400 g/mol. The van der Waals surface area contributed by atoms with Gasteiger partial charge in [0.1, 0.15) is 11.9 Å². The number of anilines is 1. The zero-order chi connectivity index (χ0) is 20.5. The summed E-state index contributed by atoms with van der Waals surface area (Å²) in [5.74, 6) is 1.50. The van der Waals surface area contributed by atoms with E-state index in [2.05, 4.69) is 22.2 Å². The summed E-state index contributed by atoms with van der Waals surface area (Å²) >= 11 is 0. The van der Waals surface area contributed by atoms with E-state index in [0.717, 1.165) is 37.1 Å². The molecule has 1 aliphatic heterocycles. The zero-order valence-corrected chi connectivity index (χ0v) is 17.0. The summed E-state index contributed by atoms with van der Waals surface area (Å²) in [6.07, 6.45) is 6.76. The Hall–Kier alpha value is -3.03. The van der Waals surface area contributed by atoms with Crippen molar-refractivity contribution in [3.05, 3.63) is 36.7 Å². The molecule has 2 heterocycles. The quantitative estimate of drug-likeness (QED) is 0.680. The van der Waals surface area contributed by atoms with Crippen LogP contribution >= 0.6 is 0 Å². The topological polar surface area (TPSA) is 85.8 Å². The van der Waals surface area contributed by atoms with Gasteiger partial charge in [0.15, 0.2) is 0 Å². The number of ether oxygens (including phenoxy) is 3. The number of hydrogen-bond acceptors (Lipinski definition) is 6. The van der Waals surface area contributed by atoms with E-state index in [9.17, 15) is 4.79 Å². The smallest absolute Gasteiger partial charge is 0.321 e. The van der Waals surface area contributed by atoms with Gasteiger partial charge in [-0.05, 0) is 43.5 Å². The normalized spacial score (nSPS) is 16.2. The van der Waals surface area contributed by atoms with E-state index < -0.39 is 0 Å². The number of nitrogens with zero attached hydrogens (tertiary/aromatic N) is 3. The summed E-state index contributed by atoms with van der Waals surface area (Å²) in [5.41, 5.74) is 0.733. The van der Waals surface area contributed by atoms with Crippen LogP contribution in [0.2, 0.25) is 0 Å². The number of carbonyl (C=O) groups excluding carboxylic acids is 1. The highest BCUT2D eigenvalue weighted by Crippen LogP contribution is 2.24. The highest BCUT2D eigenvalue weighted by molar-refractivity contribution is 5.89. The van der Waals surface area contributed by atoms with E-state index in [0.29, 0.717) is 31.5 Å². The summed E-state index contributed by atoms with van der Waals surface area (Å²) in [5, 5.41) is 2.94. The average molecular weight is 400 g/mol. The van der Waals surface area contributed by atoms with Gasteiger partial charge in [-0.25, -0.2) is 14.8 Å². The number of benzene rings is 1. The van der Waals surface area contributed by atoms with E-state index in [1.807, 2.05) is 24.3 Å². The number of rotatable bonds is 8. The summed E-state index contributed by atoms with van der Waals surface area (Å²) < 4.78 is 16.8. The van der Waals surface area contributed by atoms with Crippen LogP contribution in [0.4, 0.5) is 10.5 Å². The number of hydrogen-bond donors (Lipinski definition) is 1. The Morgan fingerprint density at radius 3 is 2.69 bits per heavy atom. The van der Waals surface area contributed by atoms with Gasteiger partial charge in [-0.3, -0.25) is 0 Å². The fourth-order valence-corrected chi connectivity index (χ4v) is 3.08. The van der Waals surface area contributed by atoms with E-state index in [1.165, 1.54) is 7.11 Å². The molecule has 1 aromatic heterocycles. The minimum atomic E-state index is -0.158. The molecule has 1 atom stereocenters. The highest BCUT2D eigenvalue weighted by atomic mass is 16.5. The molecule has 1 aromatic carbocycles. The number of amides is 2. The summed E-state index contributed by atoms with van der Waals surface area (Å²) in [6.45, 7) is 3.99. The van der Waals surface area contributed by atoms with Crippen molar-refractivity contribution in [2.75, 3.05) is 32.1 Å². The largest absolute Gasteiger partial charge is 0.494 e. The van der Waals surface area contributed by atoms with E-state index >= 15 is 0 Å². The standard InChI is InChI=1S/C21H28N4O4/c1-3-4-14-28-17-9-7-16(8-10-17)24-21(26)25-13-5-6-18(15-25)29-20-19(27-2)22-11-12-23-20/h7-12,18H,3-6,13-15H2,1-2H3,(H,24,26). The first-order chi connectivity index (χ1) is 14.2. The lowest BCUT2D eigenvalue weighted by atomic mass is 10.1. The summed E-state index contributed by atoms with van der Waals surface area (Å²) in [7, 11) is 1.53. The number of nitrogens with one attached hydrogen (secondary N) is 1. The Kier molecular flexibility index (Phi) is 7.49. The second-order valence-corrected chi connectivity index (χ2v) is 6.86. The van der Waals surface area contributed by atoms with Gasteiger partial charge >= 0.3 is 6.03 Å². The Bertz CT molecular complexity index is 785. The predicted molar refractivity (Wildman–Crippen MR) is 110 cm³/mol. The Morgan fingerprint density at radius 1 is 1.21 bits per heavy atom. The van der Waals surface area contributed by atoms with Crippen LogP contribution in [0.1, 0.15) is 32.6 Å². The van der Waals surface area contributed by atoms with E-state index in [-0.39, 0.29) is 12.1 Å². The molecule has 29 heavy (non-hydrogen) atoms. The van der Waals surface area contributed by atoms with Crippen molar-refractivity contribution in [3.8, 4) is 17.5 Å². The van der Waals surface area contributed by atoms with Crippen molar-refractivity contribution >= 4 is 11.7 Å². The fraction of sp³-hybridized carbons (Fsp3) is 0.476. The van der Waals surface area contributed by atoms with Gasteiger partial charge in [-0.1, -0.05) is 13.3 Å². The lowest BCUT2D eigenvalue weighted by Gasteiger charge is -2.32. The Morgan fingerprint density at radius 2 is 1.97 bits per heavy atom. The van der Waals surface area contributed by atoms with Crippen LogP contribution in [-0.2, 0) is 0 Å². The molecular formula is C21H28N4O4. The van der Waals surface area contributed by atoms with Gasteiger partial charge in [0, 0.05) is 24.6 Å². The second-order valence-electron chi connectivity index (χ2n) is 6.86. The third-order valence-corrected chi connectivity index (χ3v) is 4.64. The lowest BCUT2D eigenvalue weighted by molar-refractivity contribution is 0.0988. The second kappa shape index (κ2) is 10.5. The molecule has 1 aliphatic rings. The van der Waals surface area contributed by atoms with Gasteiger partial charge in [-0.2, -0.15) is 0 Å². The zero-order valence-electron chi connectivity index (χ0n) is 17.0. The molecule has 0 spiro atoms. The molecule has 3 rings (SSSR count). The maximum atomic E-state index is 12.7. The first kappa shape index (κ1) is 20.7. The molecule has 1 saturated heterocycles. The molecule has 8 nitrogen and oxygen atoms in total. The van der Waals surface area contributed by atoms with Crippen molar-refractivity contribution in [1.82, 2.24) is 14.9 Å². The van der Waals surface area contributed by atoms with Crippen LogP contribution in [0.15, 0.2) is 36.7 Å². The number of carbonyl (C=O) groups is 1. The molecule has 156 valence electrons. The van der Waals surface area contributed by atoms with Crippen molar-refractivity contribution < 1.29 is 19.0 Å². The number of methoxy groups -OCH3 is 1. The van der Waals surface area contributed by atoms with Crippen LogP contribution in [0.3, 0.4) is 0 Å². The predicted octanol–water partition coefficient (Wildman–Crippen LogP) is 3.74. The maximum absolute atomic E-state index is 12.7. The molecule has 1 N–H and O–H groups in total. The van der Waals surface area contributed by atoms with Crippen LogP contribution in [0.5, 0.6) is 17.5 Å². The number of piperidine rings is 1. The molecule has 2 aromatic rings. The minimum Gasteiger partial charge on any atom is -0.494 e. The number of urea groups is 1. The van der Waals surface area contributed by atoms with Crippen LogP contribution in [-0.4, -0.2) is 53.8 Å². The number of unbranched alkanes of at least 4 members (excludes halogenated alkanes) is 1. The SMILES string of the molecule is CCCCOc1ccc(NC(=O)N2CCCC(Oc3nccnc3OC)C2)cc1. The molecule has 8 heteroatoms. The van der Waals surface area contributed by atoms with Crippen molar-refractivity contribution in [2.45, 2.75) is 38.7 Å². The first-order valence-electron chi connectivity index (χ1n) is 10.00. The van der Waals surface area contributed by atoms with Crippen LogP contribution < -0.4 is 19.5 Å². The van der Waals surface area contributed by atoms with Crippen LogP contribution in [0, 0.1) is 0 Å². The third-order valence-electron chi connectivity index (χ3n) is 4.64. The first-order valence-corrected chi connectivity index (χ1v) is 10.00. The summed E-state index contributed by atoms with van der Waals surface area (Å²) in [6, 6.07) is 7.29. The maximum Gasteiger partial charge on any atom is 0.321 e. The van der Waals surface area contributed by atoms with Gasteiger partial charge < -0.3 is 24.4 Å². The molecular weight excluding hydrogens is 372 g/mol. The van der Waals surface area contributed by atoms with Crippen molar-refractivity contribution in [1.29, 1.82) is 0 Å². The Balaban J connectivity index is 1.53. The van der Waals surface area contributed by atoms with Crippen molar-refractivity contribution in [3.63, 3.8) is 0 Å². The lowest BCUT2D eigenvalue weighted by Crippen LogP contribution is -2.46. The molecule has 1 unspecified atom stereocenters. The molecule has 0 saturated carbocycles. The van der Waals surface area contributed by atoms with Gasteiger partial charge in [0.05, 0.1) is 20.3 Å². The van der Waals surface area contributed by atoms with Gasteiger partial charge in [0.25, 0.3) is 11.8 Å². The minimum absolute atomic E-state index is 0.149. The molecule has 0 aliphatic carbocycles. The highest BCUT2D eigenvalue weighted by Gasteiger charge is 2.26. The Labute approximate surface area is 171 Å². The molecule has 1 fully saturated rings. The molecule has 2 amide bonds. The fourth-order valence-electron chi connectivity index (χ4n) is 3.08. The average Bonchev–Trinajstić information content (AvgIpc) is 2.76.